The van der Waals surface area contributed by atoms with Crippen molar-refractivity contribution in [2.45, 2.75) is 37.8 Å². The maximum absolute atomic E-state index is 10.8. The second kappa shape index (κ2) is 2.19. The van der Waals surface area contributed by atoms with Crippen molar-refractivity contribution >= 4 is 0 Å². The van der Waals surface area contributed by atoms with Crippen LogP contribution in [0, 0.1) is 22.0 Å². The molecule has 0 amide bonds. The maximum atomic E-state index is 10.8. The number of aliphatic hydroxyl groups is 1. The number of nitrogens with zero attached hydrogens (tertiary/aromatic N) is 1. The van der Waals surface area contributed by atoms with Crippen LogP contribution in [0.3, 0.4) is 0 Å². The minimum Gasteiger partial charge on any atom is -0.393 e. The van der Waals surface area contributed by atoms with Gasteiger partial charge in [0.05, 0.1) is 12.0 Å². The highest BCUT2D eigenvalue weighted by atomic mass is 16.6. The first-order chi connectivity index (χ1) is 5.54. The van der Waals surface area contributed by atoms with Gasteiger partial charge in [0.1, 0.15) is 0 Å². The summed E-state index contributed by atoms with van der Waals surface area (Å²) in [5.74, 6) is 0.290. The molecule has 0 heterocycles. The molecular weight excluding hydrogens is 158 g/mol. The average Bonchev–Trinajstić information content (AvgIpc) is 2.43. The van der Waals surface area contributed by atoms with E-state index in [-0.39, 0.29) is 10.8 Å². The highest BCUT2D eigenvalue weighted by Gasteiger charge is 2.60. The summed E-state index contributed by atoms with van der Waals surface area (Å²) in [5, 5.41) is 20.3. The summed E-state index contributed by atoms with van der Waals surface area (Å²) >= 11 is 0. The summed E-state index contributed by atoms with van der Waals surface area (Å²) in [6, 6.07) is 0. The number of aliphatic hydroxyl groups excluding tert-OH is 1. The molecule has 68 valence electrons. The zero-order chi connectivity index (χ0) is 8.93. The van der Waals surface area contributed by atoms with Crippen molar-refractivity contribution in [3.05, 3.63) is 10.1 Å². The lowest BCUT2D eigenvalue weighted by Crippen LogP contribution is -2.45. The van der Waals surface area contributed by atoms with Crippen LogP contribution in [0.15, 0.2) is 0 Å². The Morgan fingerprint density at radius 1 is 1.58 bits per heavy atom. The van der Waals surface area contributed by atoms with E-state index < -0.39 is 11.6 Å². The average molecular weight is 171 g/mol. The lowest BCUT2D eigenvalue weighted by atomic mass is 9.81. The Labute approximate surface area is 70.7 Å². The maximum Gasteiger partial charge on any atom is 0.225 e. The Bertz CT molecular complexity index is 230. The molecule has 4 heteroatoms. The number of fused-ring (bicyclic) bond motifs is 2. The molecule has 2 aliphatic carbocycles. The van der Waals surface area contributed by atoms with Gasteiger partial charge in [0.15, 0.2) is 0 Å². The molecule has 2 rings (SSSR count). The van der Waals surface area contributed by atoms with Gasteiger partial charge in [0.25, 0.3) is 0 Å². The summed E-state index contributed by atoms with van der Waals surface area (Å²) in [4.78, 5) is 10.5. The van der Waals surface area contributed by atoms with E-state index in [2.05, 4.69) is 0 Å². The standard InChI is InChI=1S/C8H13NO3/c1-8(9(11)12)4-5-2-6(8)7(10)3-5/h5-7,10H,2-4H2,1H3/t5-,6+,7+,8+/m0/s1. The first kappa shape index (κ1) is 7.98. The molecule has 0 aromatic rings. The molecule has 2 fully saturated rings. The van der Waals surface area contributed by atoms with Crippen molar-refractivity contribution in [3.8, 4) is 0 Å². The molecule has 4 nitrogen and oxygen atoms in total. The fourth-order valence-corrected chi connectivity index (χ4v) is 2.90. The normalized spacial score (nSPS) is 51.3. The fraction of sp³-hybridized carbons (Fsp3) is 1.00. The monoisotopic (exact) mass is 171 g/mol. The third-order valence-electron chi connectivity index (χ3n) is 3.54. The van der Waals surface area contributed by atoms with Gasteiger partial charge in [-0.1, -0.05) is 0 Å². The molecule has 2 aliphatic rings. The van der Waals surface area contributed by atoms with E-state index in [0.717, 1.165) is 12.8 Å². The van der Waals surface area contributed by atoms with Crippen molar-refractivity contribution in [2.24, 2.45) is 11.8 Å². The topological polar surface area (TPSA) is 63.4 Å². The van der Waals surface area contributed by atoms with Gasteiger partial charge in [0.2, 0.25) is 5.54 Å². The largest absolute Gasteiger partial charge is 0.393 e. The number of hydrogen-bond donors (Lipinski definition) is 1. The predicted octanol–water partition coefficient (Wildman–Crippen LogP) is 0.813. The highest BCUT2D eigenvalue weighted by Crippen LogP contribution is 2.51. The molecule has 1 N–H and O–H groups in total. The molecule has 0 aliphatic heterocycles. The van der Waals surface area contributed by atoms with E-state index in [4.69, 9.17) is 0 Å². The Kier molecular flexibility index (Phi) is 1.46. The van der Waals surface area contributed by atoms with Crippen LogP contribution >= 0.6 is 0 Å². The van der Waals surface area contributed by atoms with E-state index >= 15 is 0 Å². The molecule has 2 saturated carbocycles. The van der Waals surface area contributed by atoms with Crippen molar-refractivity contribution in [2.75, 3.05) is 0 Å². The van der Waals surface area contributed by atoms with Crippen molar-refractivity contribution in [1.82, 2.24) is 0 Å². The van der Waals surface area contributed by atoms with Crippen LogP contribution in [-0.2, 0) is 0 Å². The Hall–Kier alpha value is -0.640. The fourth-order valence-electron chi connectivity index (χ4n) is 2.90. The zero-order valence-corrected chi connectivity index (χ0v) is 7.06. The number of nitro groups is 1. The van der Waals surface area contributed by atoms with Crippen LogP contribution in [0.2, 0.25) is 0 Å². The first-order valence-corrected chi connectivity index (χ1v) is 4.36. The van der Waals surface area contributed by atoms with Crippen LogP contribution in [0.25, 0.3) is 0 Å². The quantitative estimate of drug-likeness (QED) is 0.469. The Balaban J connectivity index is 2.26. The lowest BCUT2D eigenvalue weighted by molar-refractivity contribution is -0.577. The van der Waals surface area contributed by atoms with Crippen LogP contribution in [0.1, 0.15) is 26.2 Å². The molecule has 0 aromatic heterocycles. The Morgan fingerprint density at radius 2 is 2.25 bits per heavy atom. The van der Waals surface area contributed by atoms with E-state index in [1.807, 2.05) is 0 Å². The van der Waals surface area contributed by atoms with Gasteiger partial charge >= 0.3 is 0 Å². The molecule has 4 atom stereocenters. The third-order valence-corrected chi connectivity index (χ3v) is 3.54. The first-order valence-electron chi connectivity index (χ1n) is 4.36. The second-order valence-corrected chi connectivity index (χ2v) is 4.33. The molecule has 0 aromatic carbocycles. The smallest absolute Gasteiger partial charge is 0.225 e. The summed E-state index contributed by atoms with van der Waals surface area (Å²) in [6.07, 6.45) is 1.84. The molecule has 12 heavy (non-hydrogen) atoms. The van der Waals surface area contributed by atoms with Crippen LogP contribution in [0.4, 0.5) is 0 Å². The van der Waals surface area contributed by atoms with Gasteiger partial charge in [-0.25, -0.2) is 0 Å². The van der Waals surface area contributed by atoms with Crippen molar-refractivity contribution < 1.29 is 10.0 Å². The van der Waals surface area contributed by atoms with E-state index in [9.17, 15) is 15.2 Å². The van der Waals surface area contributed by atoms with E-state index in [0.29, 0.717) is 12.3 Å². The molecular formula is C8H13NO3. The summed E-state index contributed by atoms with van der Waals surface area (Å²) < 4.78 is 0. The number of rotatable bonds is 1. The zero-order valence-electron chi connectivity index (χ0n) is 7.06. The predicted molar refractivity (Wildman–Crippen MR) is 42.2 cm³/mol. The summed E-state index contributed by atoms with van der Waals surface area (Å²) in [6.45, 7) is 1.67. The molecule has 0 radical (unpaired) electrons. The van der Waals surface area contributed by atoms with E-state index in [1.54, 1.807) is 6.92 Å². The molecule has 0 saturated heterocycles. The Morgan fingerprint density at radius 3 is 2.58 bits per heavy atom. The van der Waals surface area contributed by atoms with E-state index in [1.165, 1.54) is 0 Å². The van der Waals surface area contributed by atoms with Crippen molar-refractivity contribution in [3.63, 3.8) is 0 Å². The minimum absolute atomic E-state index is 0.0995. The van der Waals surface area contributed by atoms with Crippen LogP contribution in [-0.4, -0.2) is 21.7 Å². The van der Waals surface area contributed by atoms with Crippen molar-refractivity contribution in [1.29, 1.82) is 0 Å². The minimum atomic E-state index is -0.845. The van der Waals surface area contributed by atoms with Crippen LogP contribution < -0.4 is 0 Å². The van der Waals surface area contributed by atoms with Gasteiger partial charge in [-0.05, 0) is 18.8 Å². The molecule has 0 unspecified atom stereocenters. The second-order valence-electron chi connectivity index (χ2n) is 4.33. The highest BCUT2D eigenvalue weighted by molar-refractivity contribution is 5.03. The van der Waals surface area contributed by atoms with Gasteiger partial charge in [-0.15, -0.1) is 0 Å². The molecule has 2 bridgehead atoms. The van der Waals surface area contributed by atoms with Gasteiger partial charge < -0.3 is 5.11 Å². The van der Waals surface area contributed by atoms with Gasteiger partial charge in [-0.2, -0.15) is 0 Å². The van der Waals surface area contributed by atoms with Crippen LogP contribution in [0.5, 0.6) is 0 Å². The number of hydrogen-bond acceptors (Lipinski definition) is 3. The molecule has 0 spiro atoms. The third kappa shape index (κ3) is 0.813. The lowest BCUT2D eigenvalue weighted by Gasteiger charge is -2.28. The summed E-state index contributed by atoms with van der Waals surface area (Å²) in [7, 11) is 0. The SMILES string of the molecule is C[C@@]1([N+](=O)[O-])C[C@@H]2C[C@@H](O)[C@H]1C2. The van der Waals surface area contributed by atoms with Gasteiger partial charge in [-0.3, -0.25) is 10.1 Å². The summed E-state index contributed by atoms with van der Waals surface area (Å²) in [5.41, 5.74) is -0.845. The van der Waals surface area contributed by atoms with Gasteiger partial charge in [0, 0.05) is 18.3 Å².